The molecular formula is C14H20N2O3S. The molecule has 1 N–H and O–H groups in total. The van der Waals surface area contributed by atoms with Gasteiger partial charge in [-0.15, -0.1) is 0 Å². The van der Waals surface area contributed by atoms with Crippen molar-refractivity contribution in [2.45, 2.75) is 25.0 Å². The van der Waals surface area contributed by atoms with Gasteiger partial charge in [0.15, 0.2) is 0 Å². The molecule has 20 heavy (non-hydrogen) atoms. The maximum Gasteiger partial charge on any atom is 0.218 e. The van der Waals surface area contributed by atoms with Gasteiger partial charge in [-0.05, 0) is 37.0 Å². The van der Waals surface area contributed by atoms with E-state index in [0.717, 1.165) is 12.8 Å². The summed E-state index contributed by atoms with van der Waals surface area (Å²) in [4.78, 5) is 0. The molecule has 1 aromatic rings. The summed E-state index contributed by atoms with van der Waals surface area (Å²) in [6.45, 7) is 0.581. The van der Waals surface area contributed by atoms with Crippen LogP contribution in [0.4, 0.5) is 0 Å². The smallest absolute Gasteiger partial charge is 0.218 e. The zero-order valence-corrected chi connectivity index (χ0v) is 12.4. The van der Waals surface area contributed by atoms with E-state index in [4.69, 9.17) is 10.4 Å². The summed E-state index contributed by atoms with van der Waals surface area (Å²) in [7, 11) is -1.81. The third-order valence-electron chi connectivity index (χ3n) is 3.01. The fourth-order valence-electron chi connectivity index (χ4n) is 1.81. The highest BCUT2D eigenvalue weighted by molar-refractivity contribution is 7.88. The molecule has 0 heterocycles. The quantitative estimate of drug-likeness (QED) is 0.737. The minimum Gasteiger partial charge on any atom is -0.396 e. The van der Waals surface area contributed by atoms with E-state index >= 15 is 0 Å². The molecule has 0 saturated carbocycles. The number of aliphatic hydroxyl groups excluding tert-OH is 1. The molecule has 0 aliphatic carbocycles. The minimum absolute atomic E-state index is 0.0982. The van der Waals surface area contributed by atoms with Crippen LogP contribution in [0.25, 0.3) is 0 Å². The maximum atomic E-state index is 12.2. The Bertz CT molecular complexity index is 564. The SMILES string of the molecule is CN(CCCCCO)S(=O)(=O)Cc1cccc(C#N)c1. The van der Waals surface area contributed by atoms with Crippen LogP contribution in [-0.4, -0.2) is 38.0 Å². The molecule has 1 aromatic carbocycles. The summed E-state index contributed by atoms with van der Waals surface area (Å²) in [6, 6.07) is 8.63. The second kappa shape index (κ2) is 8.00. The predicted molar refractivity (Wildman–Crippen MR) is 77.3 cm³/mol. The molecule has 0 aromatic heterocycles. The highest BCUT2D eigenvalue weighted by Gasteiger charge is 2.18. The first-order valence-electron chi connectivity index (χ1n) is 6.53. The molecule has 0 spiro atoms. The molecule has 1 rings (SSSR count). The van der Waals surface area contributed by atoms with E-state index in [1.54, 1.807) is 31.3 Å². The van der Waals surface area contributed by atoms with Crippen molar-refractivity contribution in [3.63, 3.8) is 0 Å². The lowest BCUT2D eigenvalue weighted by Gasteiger charge is -2.17. The van der Waals surface area contributed by atoms with Crippen LogP contribution in [0, 0.1) is 11.3 Å². The van der Waals surface area contributed by atoms with Gasteiger partial charge >= 0.3 is 0 Å². The fraction of sp³-hybridized carbons (Fsp3) is 0.500. The van der Waals surface area contributed by atoms with Gasteiger partial charge in [0.05, 0.1) is 17.4 Å². The number of hydrogen-bond donors (Lipinski definition) is 1. The van der Waals surface area contributed by atoms with Gasteiger partial charge in [0.2, 0.25) is 10.0 Å². The average molecular weight is 296 g/mol. The first-order valence-corrected chi connectivity index (χ1v) is 8.14. The standard InChI is InChI=1S/C14H20N2O3S/c1-16(8-3-2-4-9-17)20(18,19)12-14-7-5-6-13(10-14)11-15/h5-7,10,17H,2-4,8-9,12H2,1H3. The van der Waals surface area contributed by atoms with Crippen LogP contribution in [0.15, 0.2) is 24.3 Å². The van der Waals surface area contributed by atoms with Crippen LogP contribution in [0.3, 0.4) is 0 Å². The zero-order chi connectivity index (χ0) is 15.0. The Morgan fingerprint density at radius 2 is 2.05 bits per heavy atom. The van der Waals surface area contributed by atoms with Crippen molar-refractivity contribution in [1.82, 2.24) is 4.31 Å². The van der Waals surface area contributed by atoms with Gasteiger partial charge in [0.1, 0.15) is 0 Å². The van der Waals surface area contributed by atoms with E-state index in [9.17, 15) is 8.42 Å². The number of unbranched alkanes of at least 4 members (excludes halogenated alkanes) is 2. The maximum absolute atomic E-state index is 12.2. The van der Waals surface area contributed by atoms with Crippen LogP contribution in [0.1, 0.15) is 30.4 Å². The van der Waals surface area contributed by atoms with E-state index < -0.39 is 10.0 Å². The Hall–Kier alpha value is -1.42. The molecule has 0 aliphatic rings. The van der Waals surface area contributed by atoms with Crippen molar-refractivity contribution in [1.29, 1.82) is 5.26 Å². The van der Waals surface area contributed by atoms with E-state index in [2.05, 4.69) is 0 Å². The highest BCUT2D eigenvalue weighted by Crippen LogP contribution is 2.12. The Balaban J connectivity index is 2.62. The summed E-state index contributed by atoms with van der Waals surface area (Å²) >= 11 is 0. The van der Waals surface area contributed by atoms with E-state index in [1.807, 2.05) is 6.07 Å². The van der Waals surface area contributed by atoms with Gasteiger partial charge in [-0.2, -0.15) is 5.26 Å². The number of nitrogens with zero attached hydrogens (tertiary/aromatic N) is 2. The normalized spacial score (nSPS) is 11.5. The molecule has 0 amide bonds. The number of aliphatic hydroxyl groups is 1. The van der Waals surface area contributed by atoms with E-state index in [1.165, 1.54) is 4.31 Å². The third kappa shape index (κ3) is 5.29. The van der Waals surface area contributed by atoms with Crippen LogP contribution in [0.2, 0.25) is 0 Å². The van der Waals surface area contributed by atoms with Gasteiger partial charge in [-0.3, -0.25) is 0 Å². The van der Waals surface area contributed by atoms with Gasteiger partial charge in [0.25, 0.3) is 0 Å². The van der Waals surface area contributed by atoms with Crippen molar-refractivity contribution >= 4 is 10.0 Å². The van der Waals surface area contributed by atoms with Gasteiger partial charge in [0, 0.05) is 20.2 Å². The molecule has 6 heteroatoms. The van der Waals surface area contributed by atoms with Crippen LogP contribution in [0.5, 0.6) is 0 Å². The Morgan fingerprint density at radius 3 is 2.70 bits per heavy atom. The number of nitriles is 1. The van der Waals surface area contributed by atoms with Crippen molar-refractivity contribution in [2.24, 2.45) is 0 Å². The summed E-state index contributed by atoms with van der Waals surface area (Å²) in [5.74, 6) is -0.0982. The largest absolute Gasteiger partial charge is 0.396 e. The van der Waals surface area contributed by atoms with Crippen LogP contribution in [-0.2, 0) is 15.8 Å². The first-order chi connectivity index (χ1) is 9.49. The molecule has 110 valence electrons. The monoisotopic (exact) mass is 296 g/mol. The zero-order valence-electron chi connectivity index (χ0n) is 11.6. The number of hydrogen-bond acceptors (Lipinski definition) is 4. The lowest BCUT2D eigenvalue weighted by atomic mass is 10.2. The summed E-state index contributed by atoms with van der Waals surface area (Å²) in [6.07, 6.45) is 2.23. The van der Waals surface area contributed by atoms with Crippen molar-refractivity contribution < 1.29 is 13.5 Å². The Kier molecular flexibility index (Phi) is 6.65. The van der Waals surface area contributed by atoms with E-state index in [0.29, 0.717) is 24.1 Å². The summed E-state index contributed by atoms with van der Waals surface area (Å²) in [5.41, 5.74) is 1.08. The molecule has 0 radical (unpaired) electrons. The Morgan fingerprint density at radius 1 is 1.30 bits per heavy atom. The Labute approximate surface area is 120 Å². The summed E-state index contributed by atoms with van der Waals surface area (Å²) < 4.78 is 25.7. The molecule has 0 fully saturated rings. The number of rotatable bonds is 8. The fourth-order valence-corrected chi connectivity index (χ4v) is 3.04. The van der Waals surface area contributed by atoms with Crippen LogP contribution >= 0.6 is 0 Å². The minimum atomic E-state index is -3.36. The molecular weight excluding hydrogens is 276 g/mol. The van der Waals surface area contributed by atoms with Crippen LogP contribution < -0.4 is 0 Å². The average Bonchev–Trinajstić information content (AvgIpc) is 2.43. The van der Waals surface area contributed by atoms with Gasteiger partial charge < -0.3 is 5.11 Å². The second-order valence-electron chi connectivity index (χ2n) is 4.67. The molecule has 0 saturated heterocycles. The number of benzene rings is 1. The van der Waals surface area contributed by atoms with Gasteiger partial charge in [-0.25, -0.2) is 12.7 Å². The molecule has 5 nitrogen and oxygen atoms in total. The molecule has 0 bridgehead atoms. The molecule has 0 aliphatic heterocycles. The topological polar surface area (TPSA) is 81.4 Å². The summed E-state index contributed by atoms with van der Waals surface area (Å²) in [5, 5.41) is 17.5. The van der Waals surface area contributed by atoms with Gasteiger partial charge in [-0.1, -0.05) is 12.1 Å². The van der Waals surface area contributed by atoms with E-state index in [-0.39, 0.29) is 12.4 Å². The first kappa shape index (κ1) is 16.6. The highest BCUT2D eigenvalue weighted by atomic mass is 32.2. The third-order valence-corrected chi connectivity index (χ3v) is 4.84. The van der Waals surface area contributed by atoms with Crippen molar-refractivity contribution in [3.8, 4) is 6.07 Å². The number of sulfonamides is 1. The van der Waals surface area contributed by atoms with Crippen molar-refractivity contribution in [2.75, 3.05) is 20.2 Å². The van der Waals surface area contributed by atoms with Crippen molar-refractivity contribution in [3.05, 3.63) is 35.4 Å². The molecule has 0 unspecified atom stereocenters. The lowest BCUT2D eigenvalue weighted by Crippen LogP contribution is -2.29. The predicted octanol–water partition coefficient (Wildman–Crippen LogP) is 1.48. The molecule has 0 atom stereocenters. The lowest BCUT2D eigenvalue weighted by molar-refractivity contribution is 0.281. The second-order valence-corrected chi connectivity index (χ2v) is 6.75.